The number of anilines is 1. The van der Waals surface area contributed by atoms with E-state index in [1.807, 2.05) is 36.1 Å². The Bertz CT molecular complexity index is 1270. The molecule has 2 aliphatic heterocycles. The number of likely N-dealkylation sites (tertiary alicyclic amines) is 1. The summed E-state index contributed by atoms with van der Waals surface area (Å²) in [5, 5.41) is 23.6. The van der Waals surface area contributed by atoms with Crippen molar-refractivity contribution < 1.29 is 13.9 Å². The predicted octanol–water partition coefficient (Wildman–Crippen LogP) is 4.81. The summed E-state index contributed by atoms with van der Waals surface area (Å²) in [6.07, 6.45) is 2.98. The van der Waals surface area contributed by atoms with Crippen LogP contribution in [-0.4, -0.2) is 64.8 Å². The molecule has 1 saturated heterocycles. The fourth-order valence-corrected chi connectivity index (χ4v) is 5.89. The van der Waals surface area contributed by atoms with Crippen LogP contribution in [0.5, 0.6) is 0 Å². The van der Waals surface area contributed by atoms with Gasteiger partial charge >= 0.3 is 0 Å². The van der Waals surface area contributed by atoms with Crippen molar-refractivity contribution in [2.75, 3.05) is 38.1 Å². The van der Waals surface area contributed by atoms with E-state index in [0.29, 0.717) is 12.1 Å². The van der Waals surface area contributed by atoms with Gasteiger partial charge in [-0.2, -0.15) is 5.26 Å². The quantitative estimate of drug-likeness (QED) is 0.388. The van der Waals surface area contributed by atoms with Crippen LogP contribution >= 0.6 is 0 Å². The van der Waals surface area contributed by atoms with Gasteiger partial charge in [-0.1, -0.05) is 31.5 Å². The van der Waals surface area contributed by atoms with Crippen molar-refractivity contribution in [1.82, 2.24) is 14.8 Å². The van der Waals surface area contributed by atoms with Gasteiger partial charge in [0.1, 0.15) is 11.6 Å². The first kappa shape index (κ1) is 25.7. The van der Waals surface area contributed by atoms with Gasteiger partial charge in [-0.05, 0) is 50.1 Å². The van der Waals surface area contributed by atoms with E-state index in [2.05, 4.69) is 28.2 Å². The van der Waals surface area contributed by atoms with Gasteiger partial charge in [0.15, 0.2) is 0 Å². The zero-order valence-electron chi connectivity index (χ0n) is 21.5. The van der Waals surface area contributed by atoms with Crippen LogP contribution in [-0.2, 0) is 6.42 Å². The number of aliphatic hydroxyl groups is 1. The first-order valence-corrected chi connectivity index (χ1v) is 13.3. The lowest BCUT2D eigenvalue weighted by atomic mass is 9.87. The van der Waals surface area contributed by atoms with E-state index in [9.17, 15) is 10.4 Å². The number of aromatic amines is 1. The number of benzene rings is 2. The number of nitrogens with zero attached hydrogens (tertiary/aromatic N) is 3. The summed E-state index contributed by atoms with van der Waals surface area (Å²) in [5.74, 6) is -1.89. The van der Waals surface area contributed by atoms with Crippen molar-refractivity contribution in [3.8, 4) is 6.07 Å². The van der Waals surface area contributed by atoms with Crippen LogP contribution in [0.2, 0.25) is 0 Å². The summed E-state index contributed by atoms with van der Waals surface area (Å²) in [6.45, 7) is 6.87. The Kier molecular flexibility index (Phi) is 7.47. The van der Waals surface area contributed by atoms with E-state index >= 15 is 8.78 Å². The van der Waals surface area contributed by atoms with E-state index in [-0.39, 0.29) is 30.8 Å². The maximum atomic E-state index is 15.8. The van der Waals surface area contributed by atoms with E-state index in [4.69, 9.17) is 0 Å². The highest BCUT2D eigenvalue weighted by atomic mass is 19.1. The Labute approximate surface area is 216 Å². The number of unbranched alkanes of at least 4 members (excludes halogenated alkanes) is 1. The Morgan fingerprint density at radius 3 is 2.62 bits per heavy atom. The first-order valence-electron chi connectivity index (χ1n) is 13.3. The number of nitriles is 1. The highest BCUT2D eigenvalue weighted by Gasteiger charge is 2.39. The summed E-state index contributed by atoms with van der Waals surface area (Å²) >= 11 is 0. The number of hydrogen-bond acceptors (Lipinski definition) is 5. The van der Waals surface area contributed by atoms with Crippen molar-refractivity contribution >= 4 is 16.6 Å². The van der Waals surface area contributed by atoms with Crippen LogP contribution < -0.4 is 5.32 Å². The molecule has 1 aromatic heterocycles. The standard InChI is InChI=1S/C29H35F2N5O/c1-3-4-9-35-15-21(16-35)33-20-11-24(30)27(25(31)12-20)29-28-23(22-7-5-6-8-26(22)34-28)10-18(2)36(29)14-19(13-32)17-37/h5-8,11-12,18-19,21,29,33-34,37H,3-4,9-10,14-17H2,1-2H3/t18-,19-,29-/m1/s1. The molecule has 8 heteroatoms. The molecule has 0 amide bonds. The zero-order chi connectivity index (χ0) is 26.1. The Hall–Kier alpha value is -2.99. The number of aromatic nitrogens is 1. The van der Waals surface area contributed by atoms with Gasteiger partial charge in [-0.3, -0.25) is 9.80 Å². The number of aliphatic hydroxyl groups excluding tert-OH is 1. The molecular formula is C29H35F2N5O. The van der Waals surface area contributed by atoms with Crippen LogP contribution in [0.15, 0.2) is 36.4 Å². The van der Waals surface area contributed by atoms with Crippen molar-refractivity contribution in [2.24, 2.45) is 5.92 Å². The summed E-state index contributed by atoms with van der Waals surface area (Å²) in [6, 6.07) is 12.1. The number of fused-ring (bicyclic) bond motifs is 3. The van der Waals surface area contributed by atoms with Crippen molar-refractivity contribution in [3.05, 3.63) is 64.9 Å². The minimum absolute atomic E-state index is 0.0299. The van der Waals surface area contributed by atoms with Crippen molar-refractivity contribution in [2.45, 2.75) is 51.2 Å². The average Bonchev–Trinajstić information content (AvgIpc) is 3.22. The van der Waals surface area contributed by atoms with E-state index in [1.165, 1.54) is 12.1 Å². The van der Waals surface area contributed by atoms with Gasteiger partial charge in [0.25, 0.3) is 0 Å². The van der Waals surface area contributed by atoms with Gasteiger partial charge in [0, 0.05) is 53.5 Å². The van der Waals surface area contributed by atoms with E-state index in [0.717, 1.165) is 54.6 Å². The van der Waals surface area contributed by atoms with Crippen LogP contribution in [0.3, 0.4) is 0 Å². The smallest absolute Gasteiger partial charge is 0.133 e. The molecule has 0 radical (unpaired) electrons. The van der Waals surface area contributed by atoms with Crippen LogP contribution in [0.4, 0.5) is 14.5 Å². The minimum Gasteiger partial charge on any atom is -0.395 e. The molecular weight excluding hydrogens is 472 g/mol. The molecule has 37 heavy (non-hydrogen) atoms. The number of nitrogens with one attached hydrogen (secondary N) is 2. The molecule has 5 rings (SSSR count). The lowest BCUT2D eigenvalue weighted by molar-refractivity contribution is 0.111. The largest absolute Gasteiger partial charge is 0.395 e. The molecule has 0 unspecified atom stereocenters. The van der Waals surface area contributed by atoms with Crippen molar-refractivity contribution in [3.63, 3.8) is 0 Å². The van der Waals surface area contributed by atoms with Gasteiger partial charge in [0.2, 0.25) is 0 Å². The lowest BCUT2D eigenvalue weighted by Crippen LogP contribution is -2.54. The van der Waals surface area contributed by atoms with Gasteiger partial charge in [0.05, 0.1) is 30.7 Å². The van der Waals surface area contributed by atoms with Gasteiger partial charge in [-0.15, -0.1) is 0 Å². The predicted molar refractivity (Wildman–Crippen MR) is 141 cm³/mol. The zero-order valence-corrected chi connectivity index (χ0v) is 21.5. The summed E-state index contributed by atoms with van der Waals surface area (Å²) < 4.78 is 31.6. The Morgan fingerprint density at radius 2 is 1.95 bits per heavy atom. The van der Waals surface area contributed by atoms with Crippen LogP contribution in [0.1, 0.15) is 49.6 Å². The summed E-state index contributed by atoms with van der Waals surface area (Å²) in [4.78, 5) is 7.72. The Balaban J connectivity index is 1.50. The molecule has 0 aliphatic carbocycles. The van der Waals surface area contributed by atoms with Crippen molar-refractivity contribution in [1.29, 1.82) is 5.26 Å². The third-order valence-electron chi connectivity index (χ3n) is 7.86. The maximum absolute atomic E-state index is 15.8. The second-order valence-corrected chi connectivity index (χ2v) is 10.5. The van der Waals surface area contributed by atoms with E-state index < -0.39 is 23.6 Å². The number of hydrogen-bond donors (Lipinski definition) is 3. The normalized spacial score (nSPS) is 21.4. The number of halogens is 2. The highest BCUT2D eigenvalue weighted by molar-refractivity contribution is 5.85. The second kappa shape index (κ2) is 10.8. The molecule has 1 fully saturated rings. The number of para-hydroxylation sites is 1. The Morgan fingerprint density at radius 1 is 1.22 bits per heavy atom. The topological polar surface area (TPSA) is 78.3 Å². The monoisotopic (exact) mass is 507 g/mol. The lowest BCUT2D eigenvalue weighted by Gasteiger charge is -2.42. The number of H-pyrrole nitrogens is 1. The van der Waals surface area contributed by atoms with Crippen LogP contribution in [0.25, 0.3) is 10.9 Å². The minimum atomic E-state index is -0.740. The van der Waals surface area contributed by atoms with Gasteiger partial charge < -0.3 is 15.4 Å². The third kappa shape index (κ3) is 4.96. The molecule has 3 atom stereocenters. The van der Waals surface area contributed by atoms with E-state index in [1.54, 1.807) is 0 Å². The SMILES string of the molecule is CCCCN1CC(Nc2cc(F)c([C@@H]3c4[nH]c5ccccc5c4C[C@@H](C)N3C[C@@H](C#N)CO)c(F)c2)C1. The fraction of sp³-hybridized carbons (Fsp3) is 0.483. The molecule has 0 spiro atoms. The first-order chi connectivity index (χ1) is 17.9. The average molecular weight is 508 g/mol. The molecule has 196 valence electrons. The molecule has 6 nitrogen and oxygen atoms in total. The van der Waals surface area contributed by atoms with Gasteiger partial charge in [-0.25, -0.2) is 8.78 Å². The molecule has 3 aromatic rings. The second-order valence-electron chi connectivity index (χ2n) is 10.5. The molecule has 2 aliphatic rings. The highest BCUT2D eigenvalue weighted by Crippen LogP contribution is 2.43. The molecule has 3 N–H and O–H groups in total. The molecule has 0 saturated carbocycles. The van der Waals surface area contributed by atoms with Crippen LogP contribution in [0, 0.1) is 28.9 Å². The fourth-order valence-electron chi connectivity index (χ4n) is 5.89. The molecule has 3 heterocycles. The summed E-state index contributed by atoms with van der Waals surface area (Å²) in [7, 11) is 0. The summed E-state index contributed by atoms with van der Waals surface area (Å²) in [5.41, 5.74) is 3.12. The molecule has 2 aromatic carbocycles. The molecule has 0 bridgehead atoms. The number of rotatable bonds is 9. The third-order valence-corrected chi connectivity index (χ3v) is 7.86. The maximum Gasteiger partial charge on any atom is 0.133 e.